The van der Waals surface area contributed by atoms with Gasteiger partial charge >= 0.3 is 0 Å². The number of carbonyl (C=O) groups is 2. The minimum atomic E-state index is -0.153. The van der Waals surface area contributed by atoms with Crippen LogP contribution in [0.25, 0.3) is 17.5 Å². The molecule has 0 spiro atoms. The average Bonchev–Trinajstić information content (AvgIpc) is 3.30. The number of allylic oxidation sites excluding steroid dienone is 1. The van der Waals surface area contributed by atoms with Gasteiger partial charge in [0.05, 0.1) is 12.4 Å². The van der Waals surface area contributed by atoms with E-state index in [4.69, 9.17) is 0 Å². The van der Waals surface area contributed by atoms with E-state index in [-0.39, 0.29) is 17.4 Å². The zero-order valence-electron chi connectivity index (χ0n) is 19.1. The van der Waals surface area contributed by atoms with Gasteiger partial charge in [-0.15, -0.1) is 10.2 Å². The Bertz CT molecular complexity index is 1400. The van der Waals surface area contributed by atoms with Gasteiger partial charge in [-0.05, 0) is 48.0 Å². The highest BCUT2D eigenvalue weighted by Crippen LogP contribution is 2.35. The first-order valence-corrected chi connectivity index (χ1v) is 12.1. The van der Waals surface area contributed by atoms with Gasteiger partial charge < -0.3 is 10.2 Å². The van der Waals surface area contributed by atoms with Gasteiger partial charge in [0, 0.05) is 29.5 Å². The summed E-state index contributed by atoms with van der Waals surface area (Å²) in [5.74, 6) is 0.762. The first-order valence-electron chi connectivity index (χ1n) is 11.1. The number of ketones is 1. The molecule has 0 aliphatic carbocycles. The fourth-order valence-corrected chi connectivity index (χ4v) is 4.61. The van der Waals surface area contributed by atoms with Crippen molar-refractivity contribution in [2.45, 2.75) is 11.8 Å². The minimum absolute atomic E-state index is 0.0922. The topological polar surface area (TPSA) is 80.1 Å². The van der Waals surface area contributed by atoms with Crippen LogP contribution in [0.3, 0.4) is 0 Å². The summed E-state index contributed by atoms with van der Waals surface area (Å²) >= 11 is 1.35. The monoisotopic (exact) mass is 481 g/mol. The van der Waals surface area contributed by atoms with Crippen LogP contribution >= 0.6 is 11.8 Å². The Balaban J connectivity index is 1.18. The maximum Gasteiger partial charge on any atom is 0.234 e. The quantitative estimate of drug-likeness (QED) is 0.228. The molecule has 35 heavy (non-hydrogen) atoms. The fourth-order valence-electron chi connectivity index (χ4n) is 3.88. The summed E-state index contributed by atoms with van der Waals surface area (Å²) in [6.45, 7) is 0.623. The number of rotatable bonds is 7. The van der Waals surface area contributed by atoms with Crippen molar-refractivity contribution in [1.82, 2.24) is 14.8 Å². The average molecular weight is 482 g/mol. The van der Waals surface area contributed by atoms with E-state index in [1.54, 1.807) is 36.4 Å². The van der Waals surface area contributed by atoms with Crippen molar-refractivity contribution in [3.63, 3.8) is 0 Å². The molecule has 8 heteroatoms. The summed E-state index contributed by atoms with van der Waals surface area (Å²) < 4.78 is 2.02. The number of carbonyl (C=O) groups excluding carboxylic acids is 2. The first-order chi connectivity index (χ1) is 17.1. The third-order valence-corrected chi connectivity index (χ3v) is 6.61. The number of hydrogen-bond donors (Lipinski definition) is 1. The predicted molar refractivity (Wildman–Crippen MR) is 139 cm³/mol. The number of aromatic nitrogens is 3. The van der Waals surface area contributed by atoms with E-state index in [0.29, 0.717) is 23.1 Å². The summed E-state index contributed by atoms with van der Waals surface area (Å²) in [5, 5.41) is 12.2. The van der Waals surface area contributed by atoms with Crippen molar-refractivity contribution in [3.05, 3.63) is 96.1 Å². The van der Waals surface area contributed by atoms with Gasteiger partial charge in [0.2, 0.25) is 5.91 Å². The summed E-state index contributed by atoms with van der Waals surface area (Å²) in [4.78, 5) is 27.1. The van der Waals surface area contributed by atoms with Gasteiger partial charge in [-0.3, -0.25) is 14.2 Å². The largest absolute Gasteiger partial charge is 0.356 e. The number of nitrogens with zero attached hydrogens (tertiary/aromatic N) is 4. The number of fused-ring (bicyclic) bond motifs is 3. The lowest BCUT2D eigenvalue weighted by Crippen LogP contribution is -2.27. The van der Waals surface area contributed by atoms with Crippen LogP contribution in [-0.4, -0.2) is 39.3 Å². The van der Waals surface area contributed by atoms with Crippen LogP contribution in [0.2, 0.25) is 0 Å². The summed E-state index contributed by atoms with van der Waals surface area (Å²) in [7, 11) is 2.02. The van der Waals surface area contributed by atoms with Gasteiger partial charge in [-0.2, -0.15) is 0 Å². The molecule has 0 atom stereocenters. The molecule has 0 unspecified atom stereocenters. The molecule has 0 saturated carbocycles. The second-order valence-corrected chi connectivity index (χ2v) is 9.06. The van der Waals surface area contributed by atoms with Crippen LogP contribution < -0.4 is 10.2 Å². The second kappa shape index (κ2) is 9.99. The normalized spacial score (nSPS) is 12.3. The van der Waals surface area contributed by atoms with E-state index in [9.17, 15) is 9.59 Å². The Morgan fingerprint density at radius 3 is 2.51 bits per heavy atom. The molecular formula is C27H23N5O2S. The first kappa shape index (κ1) is 22.6. The van der Waals surface area contributed by atoms with E-state index >= 15 is 0 Å². The summed E-state index contributed by atoms with van der Waals surface area (Å²) in [6.07, 6.45) is 3.34. The molecule has 174 valence electrons. The molecule has 2 heterocycles. The van der Waals surface area contributed by atoms with E-state index in [1.165, 1.54) is 11.8 Å². The standard InChI is InChI=1S/C27H23N5O2S/c1-31-18-32-26(22-9-5-6-10-23(22)31)29-30-27(32)35-17-25(34)28-21-14-12-20(13-15-21)24(33)16-11-19-7-3-2-4-8-19/h2-16H,17-18H2,1H3,(H,28,34)/b16-11+. The highest BCUT2D eigenvalue weighted by atomic mass is 32.2. The van der Waals surface area contributed by atoms with Gasteiger partial charge in [-0.1, -0.05) is 60.3 Å². The number of nitrogens with one attached hydrogen (secondary N) is 1. The molecule has 0 radical (unpaired) electrons. The number of anilines is 2. The predicted octanol–water partition coefficient (Wildman–Crippen LogP) is 4.98. The van der Waals surface area contributed by atoms with Gasteiger partial charge in [0.25, 0.3) is 0 Å². The highest BCUT2D eigenvalue weighted by Gasteiger charge is 2.24. The van der Waals surface area contributed by atoms with Crippen molar-refractivity contribution >= 4 is 40.9 Å². The van der Waals surface area contributed by atoms with Crippen molar-refractivity contribution in [3.8, 4) is 11.4 Å². The van der Waals surface area contributed by atoms with Crippen LogP contribution in [0.1, 0.15) is 15.9 Å². The van der Waals surface area contributed by atoms with Crippen LogP contribution in [0.15, 0.2) is 90.1 Å². The molecule has 0 bridgehead atoms. The zero-order valence-corrected chi connectivity index (χ0v) is 19.9. The SMILES string of the molecule is CN1Cn2c(SCC(=O)Nc3ccc(C(=O)/C=C/c4ccccc4)cc3)nnc2-c2ccccc21. The van der Waals surface area contributed by atoms with Crippen molar-refractivity contribution in [1.29, 1.82) is 0 Å². The lowest BCUT2D eigenvalue weighted by molar-refractivity contribution is -0.113. The molecule has 1 aromatic heterocycles. The smallest absolute Gasteiger partial charge is 0.234 e. The van der Waals surface area contributed by atoms with E-state index in [0.717, 1.165) is 22.6 Å². The molecule has 3 aromatic carbocycles. The number of amides is 1. The molecule has 4 aromatic rings. The molecule has 1 amide bonds. The zero-order chi connectivity index (χ0) is 24.2. The van der Waals surface area contributed by atoms with Crippen LogP contribution in [0, 0.1) is 0 Å². The lowest BCUT2D eigenvalue weighted by Gasteiger charge is -2.28. The molecule has 0 saturated heterocycles. The fraction of sp³-hybridized carbons (Fsp3) is 0.111. The molecular weight excluding hydrogens is 458 g/mol. The van der Waals surface area contributed by atoms with Crippen LogP contribution in [-0.2, 0) is 11.5 Å². The van der Waals surface area contributed by atoms with Gasteiger partial charge in [-0.25, -0.2) is 0 Å². The Morgan fingerprint density at radius 1 is 0.971 bits per heavy atom. The number of para-hydroxylation sites is 1. The second-order valence-electron chi connectivity index (χ2n) is 8.11. The number of benzene rings is 3. The van der Waals surface area contributed by atoms with E-state index in [2.05, 4.69) is 26.5 Å². The third kappa shape index (κ3) is 5.02. The van der Waals surface area contributed by atoms with Gasteiger partial charge in [0.1, 0.15) is 0 Å². The molecule has 5 rings (SSSR count). The molecule has 1 N–H and O–H groups in total. The Labute approximate surface area is 207 Å². The third-order valence-electron chi connectivity index (χ3n) is 5.64. The highest BCUT2D eigenvalue weighted by molar-refractivity contribution is 7.99. The molecule has 1 aliphatic heterocycles. The van der Waals surface area contributed by atoms with Crippen LogP contribution in [0.5, 0.6) is 0 Å². The number of thioether (sulfide) groups is 1. The van der Waals surface area contributed by atoms with Gasteiger partial charge in [0.15, 0.2) is 16.8 Å². The summed E-state index contributed by atoms with van der Waals surface area (Å²) in [6, 6.07) is 24.6. The van der Waals surface area contributed by atoms with Crippen molar-refractivity contribution in [2.24, 2.45) is 0 Å². The van der Waals surface area contributed by atoms with Crippen molar-refractivity contribution < 1.29 is 9.59 Å². The van der Waals surface area contributed by atoms with Crippen LogP contribution in [0.4, 0.5) is 11.4 Å². The maximum absolute atomic E-state index is 12.5. The maximum atomic E-state index is 12.5. The van der Waals surface area contributed by atoms with Crippen molar-refractivity contribution in [2.75, 3.05) is 23.0 Å². The van der Waals surface area contributed by atoms with E-state index < -0.39 is 0 Å². The molecule has 7 nitrogen and oxygen atoms in total. The molecule has 0 fully saturated rings. The minimum Gasteiger partial charge on any atom is -0.356 e. The summed E-state index contributed by atoms with van der Waals surface area (Å²) in [5.41, 5.74) is 4.30. The Hall–Kier alpha value is -4.17. The Morgan fingerprint density at radius 2 is 1.71 bits per heavy atom. The number of hydrogen-bond acceptors (Lipinski definition) is 6. The molecule has 1 aliphatic rings. The lowest BCUT2D eigenvalue weighted by atomic mass is 10.1. The Kier molecular flexibility index (Phi) is 6.45. The van der Waals surface area contributed by atoms with E-state index in [1.807, 2.05) is 60.1 Å².